The van der Waals surface area contributed by atoms with Gasteiger partial charge in [0.2, 0.25) is 0 Å². The van der Waals surface area contributed by atoms with Crippen molar-refractivity contribution in [3.05, 3.63) is 33.9 Å². The average Bonchev–Trinajstić information content (AvgIpc) is 3.82. The van der Waals surface area contributed by atoms with E-state index in [-0.39, 0.29) is 17.2 Å². The highest BCUT2D eigenvalue weighted by Gasteiger charge is 2.44. The first-order valence-corrected chi connectivity index (χ1v) is 20.1. The van der Waals surface area contributed by atoms with Crippen molar-refractivity contribution in [2.75, 3.05) is 20.3 Å². The first-order valence-electron chi connectivity index (χ1n) is 18.4. The van der Waals surface area contributed by atoms with Crippen LogP contribution in [0.5, 0.6) is 11.5 Å². The van der Waals surface area contributed by atoms with Gasteiger partial charge in [-0.2, -0.15) is 0 Å². The van der Waals surface area contributed by atoms with Crippen molar-refractivity contribution >= 4 is 54.7 Å². The van der Waals surface area contributed by atoms with Crippen LogP contribution in [0.3, 0.4) is 0 Å². The molecule has 0 N–H and O–H groups in total. The lowest BCUT2D eigenvalue weighted by Crippen LogP contribution is -2.26. The molecule has 0 aliphatic carbocycles. The Bertz CT molecular complexity index is 1740. The summed E-state index contributed by atoms with van der Waals surface area (Å²) in [6.07, 6.45) is 9.12. The molecular formula is C41H57NO5S2. The fraction of sp³-hybridized carbons (Fsp3) is 0.610. The van der Waals surface area contributed by atoms with Crippen LogP contribution < -0.4 is 9.47 Å². The van der Waals surface area contributed by atoms with Gasteiger partial charge in [0.1, 0.15) is 22.8 Å². The summed E-state index contributed by atoms with van der Waals surface area (Å²) in [6.45, 7) is 23.1. The molecule has 0 bridgehead atoms. The first kappa shape index (κ1) is 37.4. The van der Waals surface area contributed by atoms with E-state index in [0.717, 1.165) is 62.2 Å². The van der Waals surface area contributed by atoms with Gasteiger partial charge in [0.15, 0.2) is 5.76 Å². The second-order valence-electron chi connectivity index (χ2n) is 16.0. The minimum atomic E-state index is -0.462. The molecule has 4 aromatic rings. The SMILES string of the molecule is CCCCC(CC)COc1c2cc(C(C)(C)C)sc2c(OCC(CC)CCCC)c2cc(-c3oc(C(C)(C)C)c4c3C(=O)N(C)C4=O)sc12. The Morgan fingerprint density at radius 3 is 1.73 bits per heavy atom. The second-order valence-corrected chi connectivity index (χ2v) is 18.1. The number of carbonyl (C=O) groups is 2. The number of benzene rings is 1. The molecular weight excluding hydrogens is 651 g/mol. The number of furan rings is 1. The maximum Gasteiger partial charge on any atom is 0.265 e. The van der Waals surface area contributed by atoms with Crippen LogP contribution in [-0.4, -0.2) is 37.0 Å². The normalized spacial score (nSPS) is 15.1. The largest absolute Gasteiger partial charge is 0.491 e. The maximum atomic E-state index is 13.6. The number of carbonyl (C=O) groups excluding carboxylic acids is 2. The number of amides is 2. The summed E-state index contributed by atoms with van der Waals surface area (Å²) in [6, 6.07) is 4.42. The number of hydrogen-bond donors (Lipinski definition) is 0. The Balaban J connectivity index is 1.76. The Morgan fingerprint density at radius 2 is 1.24 bits per heavy atom. The topological polar surface area (TPSA) is 69.0 Å². The molecule has 6 nitrogen and oxygen atoms in total. The van der Waals surface area contributed by atoms with Gasteiger partial charge in [-0.05, 0) is 42.2 Å². The minimum absolute atomic E-state index is 0.0338. The number of fused-ring (bicyclic) bond motifs is 3. The van der Waals surface area contributed by atoms with Crippen molar-refractivity contribution in [1.82, 2.24) is 4.90 Å². The molecule has 268 valence electrons. The minimum Gasteiger partial charge on any atom is -0.491 e. The van der Waals surface area contributed by atoms with Crippen LogP contribution in [0.15, 0.2) is 16.5 Å². The third-order valence-corrected chi connectivity index (χ3v) is 12.7. The lowest BCUT2D eigenvalue weighted by atomic mass is 9.89. The molecule has 0 radical (unpaired) electrons. The zero-order valence-electron chi connectivity index (χ0n) is 31.7. The molecule has 5 rings (SSSR count). The average molecular weight is 708 g/mol. The van der Waals surface area contributed by atoms with Crippen molar-refractivity contribution in [3.63, 3.8) is 0 Å². The summed E-state index contributed by atoms with van der Waals surface area (Å²) in [7, 11) is 1.55. The standard InChI is InChI=1S/C41H57NO5S2/c1-12-16-18-24(14-3)22-45-32-26-20-28(34-30-31(37(47-34)41(8,9)10)39(44)42(11)38(30)43)48-35(26)33(46-23-25(15-4)19-17-13-2)27-21-29(40(5,6)7)49-36(27)32/h20-21,24-25H,12-19,22-23H2,1-11H3. The number of hydrogen-bond acceptors (Lipinski definition) is 7. The van der Waals surface area contributed by atoms with E-state index in [1.807, 2.05) is 20.8 Å². The third-order valence-electron chi connectivity index (χ3n) is 9.97. The van der Waals surface area contributed by atoms with Gasteiger partial charge in [-0.1, -0.05) is 108 Å². The molecule has 2 amide bonds. The van der Waals surface area contributed by atoms with Gasteiger partial charge in [-0.15, -0.1) is 22.7 Å². The van der Waals surface area contributed by atoms with E-state index in [9.17, 15) is 9.59 Å². The number of nitrogens with zero attached hydrogens (tertiary/aromatic N) is 1. The zero-order valence-corrected chi connectivity index (χ0v) is 33.3. The van der Waals surface area contributed by atoms with Crippen LogP contribution in [0.2, 0.25) is 0 Å². The van der Waals surface area contributed by atoms with Crippen molar-refractivity contribution in [1.29, 1.82) is 0 Å². The van der Waals surface area contributed by atoms with Crippen molar-refractivity contribution in [2.45, 2.75) is 131 Å². The molecule has 0 saturated heterocycles. The quantitative estimate of drug-likeness (QED) is 0.115. The highest BCUT2D eigenvalue weighted by molar-refractivity contribution is 7.23. The highest BCUT2D eigenvalue weighted by Crippen LogP contribution is 2.54. The second kappa shape index (κ2) is 14.8. The van der Waals surface area contributed by atoms with Crippen LogP contribution in [0, 0.1) is 11.8 Å². The zero-order chi connectivity index (χ0) is 35.8. The van der Waals surface area contributed by atoms with E-state index in [0.29, 0.717) is 47.7 Å². The van der Waals surface area contributed by atoms with E-state index in [1.54, 1.807) is 29.7 Å². The summed E-state index contributed by atoms with van der Waals surface area (Å²) in [4.78, 5) is 30.2. The predicted molar refractivity (Wildman–Crippen MR) is 206 cm³/mol. The molecule has 1 aliphatic rings. The Labute approximate surface area is 301 Å². The highest BCUT2D eigenvalue weighted by atomic mass is 32.1. The van der Waals surface area contributed by atoms with E-state index < -0.39 is 5.41 Å². The number of thiophene rings is 2. The molecule has 1 aliphatic heterocycles. The molecule has 8 heteroatoms. The number of rotatable bonds is 15. The van der Waals surface area contributed by atoms with Gasteiger partial charge in [0.05, 0.1) is 33.1 Å². The van der Waals surface area contributed by atoms with Crippen LogP contribution in [0.4, 0.5) is 0 Å². The number of unbranched alkanes of at least 4 members (excludes halogenated alkanes) is 2. The van der Waals surface area contributed by atoms with E-state index in [1.165, 1.54) is 35.5 Å². The van der Waals surface area contributed by atoms with Gasteiger partial charge >= 0.3 is 0 Å². The summed E-state index contributed by atoms with van der Waals surface area (Å²) >= 11 is 3.37. The molecule has 0 spiro atoms. The van der Waals surface area contributed by atoms with Crippen LogP contribution in [0.1, 0.15) is 152 Å². The number of imide groups is 1. The van der Waals surface area contributed by atoms with Gasteiger partial charge in [0, 0.05) is 28.1 Å². The summed E-state index contributed by atoms with van der Waals surface area (Å²) in [5.74, 6) is 3.07. The Morgan fingerprint density at radius 1 is 0.735 bits per heavy atom. The van der Waals surface area contributed by atoms with Gasteiger partial charge in [0.25, 0.3) is 11.8 Å². The monoisotopic (exact) mass is 707 g/mol. The smallest absolute Gasteiger partial charge is 0.265 e. The molecule has 1 aromatic carbocycles. The molecule has 0 fully saturated rings. The summed E-state index contributed by atoms with van der Waals surface area (Å²) in [5.41, 5.74) is 0.255. The number of ether oxygens (including phenoxy) is 2. The van der Waals surface area contributed by atoms with E-state index in [2.05, 4.69) is 60.6 Å². The van der Waals surface area contributed by atoms with Crippen molar-refractivity contribution < 1.29 is 23.5 Å². The van der Waals surface area contributed by atoms with Gasteiger partial charge in [-0.3, -0.25) is 14.5 Å². The lowest BCUT2D eigenvalue weighted by molar-refractivity contribution is 0.0688. The fourth-order valence-corrected chi connectivity index (χ4v) is 9.02. The van der Waals surface area contributed by atoms with Crippen LogP contribution >= 0.6 is 22.7 Å². The van der Waals surface area contributed by atoms with Crippen molar-refractivity contribution in [2.24, 2.45) is 11.8 Å². The van der Waals surface area contributed by atoms with Crippen molar-refractivity contribution in [3.8, 4) is 22.1 Å². The summed E-state index contributed by atoms with van der Waals surface area (Å²) < 4.78 is 22.5. The lowest BCUT2D eigenvalue weighted by Gasteiger charge is -2.19. The fourth-order valence-electron chi connectivity index (χ4n) is 6.64. The first-order chi connectivity index (χ1) is 23.2. The van der Waals surface area contributed by atoms with Crippen LogP contribution in [0.25, 0.3) is 30.8 Å². The van der Waals surface area contributed by atoms with E-state index in [4.69, 9.17) is 13.9 Å². The maximum absolute atomic E-state index is 13.6. The molecule has 2 unspecified atom stereocenters. The molecule has 3 aromatic heterocycles. The van der Waals surface area contributed by atoms with Crippen LogP contribution in [-0.2, 0) is 10.8 Å². The Kier molecular flexibility index (Phi) is 11.3. The molecule has 2 atom stereocenters. The summed E-state index contributed by atoms with van der Waals surface area (Å²) in [5, 5.41) is 2.06. The predicted octanol–water partition coefficient (Wildman–Crippen LogP) is 12.4. The third kappa shape index (κ3) is 7.33. The Hall–Kier alpha value is -2.84. The van der Waals surface area contributed by atoms with Gasteiger partial charge < -0.3 is 13.9 Å². The molecule has 4 heterocycles. The molecule has 49 heavy (non-hydrogen) atoms. The van der Waals surface area contributed by atoms with E-state index >= 15 is 0 Å². The molecule has 0 saturated carbocycles. The van der Waals surface area contributed by atoms with Gasteiger partial charge in [-0.25, -0.2) is 0 Å².